The third-order valence-electron chi connectivity index (χ3n) is 6.65. The molecular formula is C30H33N3O2. The van der Waals surface area contributed by atoms with Crippen LogP contribution in [-0.2, 0) is 11.2 Å². The van der Waals surface area contributed by atoms with E-state index in [1.54, 1.807) is 4.57 Å². The fourth-order valence-electron chi connectivity index (χ4n) is 4.40. The van der Waals surface area contributed by atoms with Gasteiger partial charge in [-0.05, 0) is 68.1 Å². The van der Waals surface area contributed by atoms with Gasteiger partial charge in [0.2, 0.25) is 5.91 Å². The van der Waals surface area contributed by atoms with Gasteiger partial charge < -0.3 is 4.90 Å². The van der Waals surface area contributed by atoms with Crippen LogP contribution in [0, 0.1) is 19.8 Å². The van der Waals surface area contributed by atoms with Crippen molar-refractivity contribution < 1.29 is 4.79 Å². The van der Waals surface area contributed by atoms with Crippen LogP contribution in [0.15, 0.2) is 77.6 Å². The molecule has 1 unspecified atom stereocenters. The van der Waals surface area contributed by atoms with E-state index in [-0.39, 0.29) is 17.4 Å². The first-order chi connectivity index (χ1) is 16.8. The summed E-state index contributed by atoms with van der Waals surface area (Å²) in [7, 11) is 0. The molecule has 0 bridgehead atoms. The molecule has 0 aliphatic rings. The molecule has 1 atom stereocenters. The molecule has 180 valence electrons. The lowest BCUT2D eigenvalue weighted by atomic mass is 10.1. The second kappa shape index (κ2) is 10.3. The van der Waals surface area contributed by atoms with Crippen LogP contribution in [0.4, 0.5) is 0 Å². The van der Waals surface area contributed by atoms with Crippen molar-refractivity contribution >= 4 is 16.8 Å². The van der Waals surface area contributed by atoms with Crippen molar-refractivity contribution in [1.29, 1.82) is 0 Å². The first-order valence-electron chi connectivity index (χ1n) is 12.2. The molecule has 0 aliphatic heterocycles. The van der Waals surface area contributed by atoms with Gasteiger partial charge in [0.25, 0.3) is 5.56 Å². The van der Waals surface area contributed by atoms with Crippen molar-refractivity contribution in [3.8, 4) is 5.69 Å². The van der Waals surface area contributed by atoms with Crippen molar-refractivity contribution in [2.75, 3.05) is 6.54 Å². The van der Waals surface area contributed by atoms with E-state index in [4.69, 9.17) is 4.98 Å². The van der Waals surface area contributed by atoms with Gasteiger partial charge in [-0.3, -0.25) is 14.2 Å². The average Bonchev–Trinajstić information content (AvgIpc) is 2.86. The summed E-state index contributed by atoms with van der Waals surface area (Å²) in [4.78, 5) is 34.0. The zero-order valence-electron chi connectivity index (χ0n) is 21.2. The quantitative estimate of drug-likeness (QED) is 0.346. The van der Waals surface area contributed by atoms with Crippen molar-refractivity contribution in [1.82, 2.24) is 14.5 Å². The van der Waals surface area contributed by atoms with Gasteiger partial charge in [-0.1, -0.05) is 62.4 Å². The molecule has 3 aromatic carbocycles. The summed E-state index contributed by atoms with van der Waals surface area (Å²) in [6.07, 6.45) is 0.727. The van der Waals surface area contributed by atoms with Crippen LogP contribution in [0.3, 0.4) is 0 Å². The molecule has 5 heteroatoms. The van der Waals surface area contributed by atoms with E-state index in [1.807, 2.05) is 93.3 Å². The largest absolute Gasteiger partial charge is 0.332 e. The molecule has 0 aliphatic carbocycles. The highest BCUT2D eigenvalue weighted by Gasteiger charge is 2.28. The van der Waals surface area contributed by atoms with Gasteiger partial charge in [-0.25, -0.2) is 4.98 Å². The van der Waals surface area contributed by atoms with E-state index in [0.717, 1.165) is 23.2 Å². The Morgan fingerprint density at radius 3 is 2.29 bits per heavy atom. The smallest absolute Gasteiger partial charge is 0.266 e. The minimum Gasteiger partial charge on any atom is -0.332 e. The molecule has 5 nitrogen and oxygen atoms in total. The molecule has 0 spiro atoms. The fraction of sp³-hybridized carbons (Fsp3) is 0.300. The summed E-state index contributed by atoms with van der Waals surface area (Å²) in [6, 6.07) is 23.2. The summed E-state index contributed by atoms with van der Waals surface area (Å²) in [5.41, 5.74) is 4.70. The van der Waals surface area contributed by atoms with E-state index in [9.17, 15) is 9.59 Å². The highest BCUT2D eigenvalue weighted by Crippen LogP contribution is 2.25. The highest BCUT2D eigenvalue weighted by molar-refractivity contribution is 5.80. The first kappa shape index (κ1) is 24.4. The number of amides is 1. The van der Waals surface area contributed by atoms with Gasteiger partial charge in [-0.15, -0.1) is 0 Å². The number of carbonyl (C=O) groups excluding carboxylic acids is 1. The molecular weight excluding hydrogens is 434 g/mol. The number of nitrogens with zero attached hydrogens (tertiary/aromatic N) is 3. The number of aryl methyl sites for hydroxylation is 2. The predicted octanol–water partition coefficient (Wildman–Crippen LogP) is 5.79. The first-order valence-corrected chi connectivity index (χ1v) is 12.2. The molecule has 0 N–H and O–H groups in total. The lowest BCUT2D eigenvalue weighted by molar-refractivity contribution is -0.136. The van der Waals surface area contributed by atoms with Gasteiger partial charge >= 0.3 is 0 Å². The molecule has 1 aromatic heterocycles. The summed E-state index contributed by atoms with van der Waals surface area (Å²) >= 11 is 0. The minimum atomic E-state index is -0.396. The van der Waals surface area contributed by atoms with Crippen LogP contribution in [0.1, 0.15) is 49.3 Å². The zero-order chi connectivity index (χ0) is 25.1. The Labute approximate surface area is 207 Å². The second-order valence-corrected chi connectivity index (χ2v) is 9.49. The van der Waals surface area contributed by atoms with Gasteiger partial charge in [0.1, 0.15) is 5.82 Å². The number of carbonyl (C=O) groups is 1. The Morgan fingerprint density at radius 2 is 1.60 bits per heavy atom. The van der Waals surface area contributed by atoms with Crippen LogP contribution in [0.2, 0.25) is 0 Å². The van der Waals surface area contributed by atoms with Crippen LogP contribution < -0.4 is 5.56 Å². The summed E-state index contributed by atoms with van der Waals surface area (Å²) in [5, 5.41) is 0.563. The summed E-state index contributed by atoms with van der Waals surface area (Å²) in [6.45, 7) is 10.4. The maximum atomic E-state index is 13.8. The van der Waals surface area contributed by atoms with Gasteiger partial charge in [-0.2, -0.15) is 0 Å². The fourth-order valence-corrected chi connectivity index (χ4v) is 4.40. The topological polar surface area (TPSA) is 55.2 Å². The van der Waals surface area contributed by atoms with Crippen LogP contribution in [0.5, 0.6) is 0 Å². The molecule has 4 rings (SSSR count). The Hall–Kier alpha value is -3.73. The van der Waals surface area contributed by atoms with E-state index in [1.165, 1.54) is 5.56 Å². The van der Waals surface area contributed by atoms with Crippen LogP contribution in [0.25, 0.3) is 16.6 Å². The van der Waals surface area contributed by atoms with Gasteiger partial charge in [0.15, 0.2) is 0 Å². The number of benzene rings is 3. The predicted molar refractivity (Wildman–Crippen MR) is 142 cm³/mol. The van der Waals surface area contributed by atoms with Crippen molar-refractivity contribution in [3.05, 3.63) is 106 Å². The number of para-hydroxylation sites is 1. The maximum absolute atomic E-state index is 13.8. The summed E-state index contributed by atoms with van der Waals surface area (Å²) in [5.74, 6) is 0.442. The molecule has 1 amide bonds. The zero-order valence-corrected chi connectivity index (χ0v) is 21.2. The second-order valence-electron chi connectivity index (χ2n) is 9.49. The number of rotatable bonds is 7. The lowest BCUT2D eigenvalue weighted by Gasteiger charge is -2.32. The van der Waals surface area contributed by atoms with E-state index in [0.29, 0.717) is 23.3 Å². The Balaban J connectivity index is 1.86. The van der Waals surface area contributed by atoms with Gasteiger partial charge in [0, 0.05) is 12.5 Å². The molecule has 0 fully saturated rings. The Morgan fingerprint density at radius 1 is 0.914 bits per heavy atom. The normalized spacial score (nSPS) is 12.2. The van der Waals surface area contributed by atoms with E-state index < -0.39 is 6.04 Å². The van der Waals surface area contributed by atoms with E-state index >= 15 is 0 Å². The molecule has 35 heavy (non-hydrogen) atoms. The molecule has 1 heterocycles. The SMILES string of the molecule is Cc1ccc(-n2c(C(C)N(CCc3ccccc3)C(=O)C(C)C)nc3ccccc3c2=O)cc1C. The standard InChI is InChI=1S/C30H33N3O2/c1-20(2)29(34)32(18-17-24-11-7-6-8-12-24)23(5)28-31-27-14-10-9-13-26(27)30(35)33(28)25-16-15-21(3)22(4)19-25/h6-16,19-20,23H,17-18H2,1-5H3. The maximum Gasteiger partial charge on any atom is 0.266 e. The van der Waals surface area contributed by atoms with E-state index in [2.05, 4.69) is 19.1 Å². The number of hydrogen-bond acceptors (Lipinski definition) is 3. The third-order valence-corrected chi connectivity index (χ3v) is 6.65. The molecule has 0 saturated heterocycles. The molecule has 0 radical (unpaired) electrons. The Bertz CT molecular complexity index is 1410. The summed E-state index contributed by atoms with van der Waals surface area (Å²) < 4.78 is 1.68. The highest BCUT2D eigenvalue weighted by atomic mass is 16.2. The average molecular weight is 468 g/mol. The van der Waals surface area contributed by atoms with Gasteiger partial charge in [0.05, 0.1) is 22.6 Å². The lowest BCUT2D eigenvalue weighted by Crippen LogP contribution is -2.40. The number of hydrogen-bond donors (Lipinski definition) is 0. The minimum absolute atomic E-state index is 0.0440. The number of fused-ring (bicyclic) bond motifs is 1. The van der Waals surface area contributed by atoms with Crippen molar-refractivity contribution in [2.24, 2.45) is 5.92 Å². The van der Waals surface area contributed by atoms with Crippen molar-refractivity contribution in [3.63, 3.8) is 0 Å². The molecule has 0 saturated carbocycles. The third kappa shape index (κ3) is 5.04. The van der Waals surface area contributed by atoms with Crippen LogP contribution >= 0.6 is 0 Å². The number of aromatic nitrogens is 2. The monoisotopic (exact) mass is 467 g/mol. The Kier molecular flexibility index (Phi) is 7.15. The van der Waals surface area contributed by atoms with Crippen molar-refractivity contribution in [2.45, 2.75) is 47.1 Å². The van der Waals surface area contributed by atoms with Crippen LogP contribution in [-0.4, -0.2) is 26.9 Å². The molecule has 4 aromatic rings.